The van der Waals surface area contributed by atoms with Crippen LogP contribution in [-0.4, -0.2) is 0 Å². The zero-order valence-corrected chi connectivity index (χ0v) is 12.9. The molecule has 0 aliphatic heterocycles. The highest BCUT2D eigenvalue weighted by Gasteiger charge is 2.36. The van der Waals surface area contributed by atoms with Gasteiger partial charge >= 0.3 is 0 Å². The molecule has 3 aromatic rings. The molecule has 0 amide bonds. The SMILES string of the molecule is Cc1cccc2cc3c(C4CC5C=CC4C5)cccc3cc12. The van der Waals surface area contributed by atoms with Gasteiger partial charge in [-0.3, -0.25) is 0 Å². The van der Waals surface area contributed by atoms with E-state index in [0.29, 0.717) is 0 Å². The second kappa shape index (κ2) is 4.46. The van der Waals surface area contributed by atoms with Crippen molar-refractivity contribution in [3.8, 4) is 0 Å². The minimum absolute atomic E-state index is 0.723. The van der Waals surface area contributed by atoms with Gasteiger partial charge in [-0.15, -0.1) is 0 Å². The Hall–Kier alpha value is -2.08. The smallest absolute Gasteiger partial charge is 0.00870 e. The summed E-state index contributed by atoms with van der Waals surface area (Å²) >= 11 is 0. The highest BCUT2D eigenvalue weighted by Crippen LogP contribution is 2.50. The van der Waals surface area contributed by atoms with E-state index in [9.17, 15) is 0 Å². The van der Waals surface area contributed by atoms with Gasteiger partial charge in [0.1, 0.15) is 0 Å². The summed E-state index contributed by atoms with van der Waals surface area (Å²) in [7, 11) is 0. The second-order valence-corrected chi connectivity index (χ2v) is 7.10. The van der Waals surface area contributed by atoms with Crippen LogP contribution < -0.4 is 0 Å². The van der Waals surface area contributed by atoms with Gasteiger partial charge in [-0.25, -0.2) is 0 Å². The Morgan fingerprint density at radius 2 is 1.59 bits per heavy atom. The third-order valence-electron chi connectivity index (χ3n) is 5.81. The maximum atomic E-state index is 2.46. The molecule has 3 unspecified atom stereocenters. The Balaban J connectivity index is 1.77. The fourth-order valence-electron chi connectivity index (χ4n) is 4.69. The first-order valence-corrected chi connectivity index (χ1v) is 8.40. The van der Waals surface area contributed by atoms with E-state index in [1.165, 1.54) is 39.9 Å². The molecule has 0 aromatic heterocycles. The van der Waals surface area contributed by atoms with E-state index in [4.69, 9.17) is 0 Å². The third-order valence-corrected chi connectivity index (χ3v) is 5.81. The Kier molecular flexibility index (Phi) is 2.52. The third kappa shape index (κ3) is 1.70. The van der Waals surface area contributed by atoms with Crippen LogP contribution in [0.2, 0.25) is 0 Å². The molecule has 22 heavy (non-hydrogen) atoms. The van der Waals surface area contributed by atoms with Crippen LogP contribution in [0.1, 0.15) is 29.9 Å². The molecular weight excluding hydrogens is 264 g/mol. The monoisotopic (exact) mass is 284 g/mol. The molecule has 0 N–H and O–H groups in total. The van der Waals surface area contributed by atoms with Gasteiger partial charge in [0, 0.05) is 0 Å². The summed E-state index contributed by atoms with van der Waals surface area (Å²) in [4.78, 5) is 0. The minimum atomic E-state index is 0.723. The molecule has 2 bridgehead atoms. The number of hydrogen-bond acceptors (Lipinski definition) is 0. The minimum Gasteiger partial charge on any atom is -0.0851 e. The molecule has 0 nitrogen and oxygen atoms in total. The van der Waals surface area contributed by atoms with Crippen LogP contribution in [0.3, 0.4) is 0 Å². The van der Waals surface area contributed by atoms with Crippen LogP contribution in [-0.2, 0) is 0 Å². The maximum Gasteiger partial charge on any atom is -0.00870 e. The fourth-order valence-corrected chi connectivity index (χ4v) is 4.69. The largest absolute Gasteiger partial charge is 0.0851 e. The Labute approximate surface area is 131 Å². The van der Waals surface area contributed by atoms with Gasteiger partial charge in [0.05, 0.1) is 0 Å². The Morgan fingerprint density at radius 1 is 0.818 bits per heavy atom. The van der Waals surface area contributed by atoms with Gasteiger partial charge < -0.3 is 0 Å². The van der Waals surface area contributed by atoms with Crippen LogP contribution >= 0.6 is 0 Å². The van der Waals surface area contributed by atoms with Crippen LogP contribution in [0.4, 0.5) is 0 Å². The average Bonchev–Trinajstić information content (AvgIpc) is 3.16. The summed E-state index contributed by atoms with van der Waals surface area (Å²) in [6.45, 7) is 2.21. The van der Waals surface area contributed by atoms with Crippen LogP contribution in [0, 0.1) is 18.8 Å². The van der Waals surface area contributed by atoms with Crippen LogP contribution in [0.25, 0.3) is 21.5 Å². The van der Waals surface area contributed by atoms with Gasteiger partial charge in [-0.05, 0) is 82.3 Å². The molecule has 0 saturated heterocycles. The fraction of sp³-hybridized carbons (Fsp3) is 0.273. The van der Waals surface area contributed by atoms with Crippen molar-refractivity contribution >= 4 is 21.5 Å². The van der Waals surface area contributed by atoms with Crippen LogP contribution in [0.15, 0.2) is 60.7 Å². The molecular formula is C22H20. The number of hydrogen-bond donors (Lipinski definition) is 0. The van der Waals surface area contributed by atoms with Gasteiger partial charge in [0.15, 0.2) is 0 Å². The average molecular weight is 284 g/mol. The molecule has 3 aromatic carbocycles. The zero-order chi connectivity index (χ0) is 14.7. The first-order chi connectivity index (χ1) is 10.8. The molecule has 0 heteroatoms. The predicted molar refractivity (Wildman–Crippen MR) is 94.3 cm³/mol. The van der Waals surface area contributed by atoms with Crippen molar-refractivity contribution in [3.63, 3.8) is 0 Å². The molecule has 2 aliphatic rings. The normalized spacial score (nSPS) is 26.3. The lowest BCUT2D eigenvalue weighted by Gasteiger charge is -2.21. The van der Waals surface area contributed by atoms with E-state index in [0.717, 1.165) is 17.8 Å². The predicted octanol–water partition coefficient (Wildman–Crippen LogP) is 5.98. The molecule has 2 aliphatic carbocycles. The van der Waals surface area contributed by atoms with Gasteiger partial charge in [0.2, 0.25) is 0 Å². The van der Waals surface area contributed by atoms with Crippen molar-refractivity contribution in [3.05, 3.63) is 71.8 Å². The van der Waals surface area contributed by atoms with Crippen molar-refractivity contribution in [1.29, 1.82) is 0 Å². The first-order valence-electron chi connectivity index (χ1n) is 8.40. The van der Waals surface area contributed by atoms with Crippen molar-refractivity contribution in [1.82, 2.24) is 0 Å². The number of aryl methyl sites for hydroxylation is 1. The molecule has 3 atom stereocenters. The van der Waals surface area contributed by atoms with E-state index in [1.54, 1.807) is 5.56 Å². The van der Waals surface area contributed by atoms with Crippen molar-refractivity contribution in [2.45, 2.75) is 25.7 Å². The second-order valence-electron chi connectivity index (χ2n) is 7.10. The van der Waals surface area contributed by atoms with Crippen LogP contribution in [0.5, 0.6) is 0 Å². The van der Waals surface area contributed by atoms with E-state index in [1.807, 2.05) is 0 Å². The van der Waals surface area contributed by atoms with E-state index in [2.05, 4.69) is 67.6 Å². The lowest BCUT2D eigenvalue weighted by Crippen LogP contribution is -2.05. The number of benzene rings is 3. The molecule has 0 spiro atoms. The number of allylic oxidation sites excluding steroid dienone is 2. The van der Waals surface area contributed by atoms with Gasteiger partial charge in [-0.2, -0.15) is 0 Å². The maximum absolute atomic E-state index is 2.46. The molecule has 0 radical (unpaired) electrons. The lowest BCUT2D eigenvalue weighted by atomic mass is 9.83. The van der Waals surface area contributed by atoms with Crippen molar-refractivity contribution in [2.24, 2.45) is 11.8 Å². The summed E-state index contributed by atoms with van der Waals surface area (Å²) in [6.07, 6.45) is 7.60. The summed E-state index contributed by atoms with van der Waals surface area (Å²) in [5.41, 5.74) is 2.94. The summed E-state index contributed by atoms with van der Waals surface area (Å²) < 4.78 is 0. The highest BCUT2D eigenvalue weighted by atomic mass is 14.4. The van der Waals surface area contributed by atoms with E-state index >= 15 is 0 Å². The summed E-state index contributed by atoms with van der Waals surface area (Å²) in [5, 5.41) is 5.62. The van der Waals surface area contributed by atoms with Crippen molar-refractivity contribution < 1.29 is 0 Å². The van der Waals surface area contributed by atoms with Gasteiger partial charge in [0.25, 0.3) is 0 Å². The molecule has 5 rings (SSSR count). The Morgan fingerprint density at radius 3 is 2.36 bits per heavy atom. The molecule has 0 heterocycles. The topological polar surface area (TPSA) is 0 Å². The highest BCUT2D eigenvalue weighted by molar-refractivity contribution is 6.01. The zero-order valence-electron chi connectivity index (χ0n) is 12.9. The first kappa shape index (κ1) is 12.5. The van der Waals surface area contributed by atoms with E-state index < -0.39 is 0 Å². The summed E-state index contributed by atoms with van der Waals surface area (Å²) in [6, 6.07) is 18.3. The molecule has 1 saturated carbocycles. The quantitative estimate of drug-likeness (QED) is 0.381. The number of rotatable bonds is 1. The lowest BCUT2D eigenvalue weighted by molar-refractivity contribution is 0.590. The molecule has 108 valence electrons. The van der Waals surface area contributed by atoms with Crippen molar-refractivity contribution in [2.75, 3.05) is 0 Å². The Bertz CT molecular complexity index is 916. The summed E-state index contributed by atoms with van der Waals surface area (Å²) in [5.74, 6) is 2.32. The molecule has 1 fully saturated rings. The number of fused-ring (bicyclic) bond motifs is 4. The van der Waals surface area contributed by atoms with Gasteiger partial charge in [-0.1, -0.05) is 48.6 Å². The van der Waals surface area contributed by atoms with E-state index in [-0.39, 0.29) is 0 Å². The standard InChI is InChI=1S/C22H20/c1-14-4-2-5-16-13-22-17(12-20(14)16)6-3-7-19(22)21-11-15-8-9-18(21)10-15/h2-9,12-13,15,18,21H,10-11H2,1H3.